The summed E-state index contributed by atoms with van der Waals surface area (Å²) in [6.07, 6.45) is 0. The van der Waals surface area contributed by atoms with Gasteiger partial charge < -0.3 is 19.3 Å². The van der Waals surface area contributed by atoms with Crippen molar-refractivity contribution in [1.29, 1.82) is 0 Å². The van der Waals surface area contributed by atoms with Crippen LogP contribution in [0.25, 0.3) is 17.0 Å². The van der Waals surface area contributed by atoms with Gasteiger partial charge in [-0.05, 0) is 54.3 Å². The van der Waals surface area contributed by atoms with Gasteiger partial charge in [0.2, 0.25) is 12.6 Å². The van der Waals surface area contributed by atoms with E-state index in [0.29, 0.717) is 46.3 Å². The van der Waals surface area contributed by atoms with E-state index in [1.54, 1.807) is 40.5 Å². The molecule has 2 amide bonds. The molecule has 0 saturated carbocycles. The van der Waals surface area contributed by atoms with E-state index < -0.39 is 6.04 Å². The normalized spacial score (nSPS) is 17.1. The Balaban J connectivity index is 1.43. The predicted octanol–water partition coefficient (Wildman–Crippen LogP) is 5.36. The van der Waals surface area contributed by atoms with Crippen LogP contribution in [0.2, 0.25) is 0 Å². The zero-order valence-corrected chi connectivity index (χ0v) is 19.3. The Hall–Kier alpha value is -4.18. The van der Waals surface area contributed by atoms with Crippen LogP contribution in [0.5, 0.6) is 11.5 Å². The summed E-state index contributed by atoms with van der Waals surface area (Å²) in [5, 5.41) is 9.17. The zero-order chi connectivity index (χ0) is 23.9. The van der Waals surface area contributed by atoms with Crippen molar-refractivity contribution < 1.29 is 23.2 Å². The third-order valence-electron chi connectivity index (χ3n) is 5.98. The van der Waals surface area contributed by atoms with E-state index in [9.17, 15) is 9.18 Å². The van der Waals surface area contributed by atoms with Crippen LogP contribution in [-0.2, 0) is 6.54 Å². The molecule has 2 aromatic heterocycles. The van der Waals surface area contributed by atoms with E-state index in [0.717, 1.165) is 4.88 Å². The molecular formula is C25H19FN4O4S. The van der Waals surface area contributed by atoms with Gasteiger partial charge in [-0.15, -0.1) is 11.3 Å². The van der Waals surface area contributed by atoms with Gasteiger partial charge in [0.15, 0.2) is 11.5 Å². The number of rotatable bonds is 5. The third kappa shape index (κ3) is 3.91. The Labute approximate surface area is 203 Å². The minimum atomic E-state index is -0.590. The van der Waals surface area contributed by atoms with E-state index in [1.807, 2.05) is 30.5 Å². The van der Waals surface area contributed by atoms with Crippen LogP contribution in [0.3, 0.4) is 0 Å². The fraction of sp³-hybridized carbons (Fsp3) is 0.160. The number of halogens is 1. The summed E-state index contributed by atoms with van der Waals surface area (Å²) in [6, 6.07) is 14.5. The van der Waals surface area contributed by atoms with Gasteiger partial charge in [-0.1, -0.05) is 23.4 Å². The molecule has 0 saturated heterocycles. The van der Waals surface area contributed by atoms with Gasteiger partial charge in [-0.2, -0.15) is 4.98 Å². The maximum absolute atomic E-state index is 13.6. The highest BCUT2D eigenvalue weighted by Crippen LogP contribution is 2.39. The lowest BCUT2D eigenvalue weighted by molar-refractivity contribution is 0.174. The van der Waals surface area contributed by atoms with Crippen molar-refractivity contribution in [2.45, 2.75) is 19.5 Å². The molecule has 4 aromatic rings. The van der Waals surface area contributed by atoms with E-state index in [-0.39, 0.29) is 24.5 Å². The van der Waals surface area contributed by atoms with Crippen molar-refractivity contribution in [3.63, 3.8) is 0 Å². The first kappa shape index (κ1) is 21.4. The summed E-state index contributed by atoms with van der Waals surface area (Å²) in [6.45, 7) is 2.42. The van der Waals surface area contributed by atoms with Gasteiger partial charge in [-0.3, -0.25) is 4.90 Å². The molecule has 1 atom stereocenters. The van der Waals surface area contributed by atoms with E-state index in [4.69, 9.17) is 14.0 Å². The summed E-state index contributed by atoms with van der Waals surface area (Å²) >= 11 is 1.57. The van der Waals surface area contributed by atoms with Crippen LogP contribution < -0.4 is 14.8 Å². The average molecular weight is 491 g/mol. The van der Waals surface area contributed by atoms with Gasteiger partial charge in [0, 0.05) is 16.1 Å². The molecule has 10 heteroatoms. The fourth-order valence-corrected chi connectivity index (χ4v) is 4.89. The molecule has 0 spiro atoms. The highest BCUT2D eigenvalue weighted by molar-refractivity contribution is 7.09. The number of amides is 2. The highest BCUT2D eigenvalue weighted by Gasteiger charge is 2.36. The van der Waals surface area contributed by atoms with Gasteiger partial charge in [0.1, 0.15) is 5.82 Å². The minimum Gasteiger partial charge on any atom is -0.454 e. The number of ether oxygens (including phenoxy) is 2. The first-order valence-electron chi connectivity index (χ1n) is 10.9. The highest BCUT2D eigenvalue weighted by atomic mass is 32.1. The maximum Gasteiger partial charge on any atom is 0.322 e. The first-order valence-corrected chi connectivity index (χ1v) is 11.8. The quantitative estimate of drug-likeness (QED) is 0.405. The molecule has 2 aliphatic heterocycles. The number of allylic oxidation sites excluding steroid dienone is 1. The molecule has 0 aliphatic carbocycles. The topological polar surface area (TPSA) is 89.7 Å². The molecule has 35 heavy (non-hydrogen) atoms. The smallest absolute Gasteiger partial charge is 0.322 e. The molecule has 1 unspecified atom stereocenters. The lowest BCUT2D eigenvalue weighted by Crippen LogP contribution is -2.45. The standard InChI is InChI=1S/C25H19FN4O4S/c1-14-21(24-28-23(29-34-24)16-6-9-19-20(11-16)33-13-32-19)22(15-4-7-17(26)8-5-15)27-25(31)30(14)12-18-3-2-10-35-18/h2-11,22H,12-13H2,1H3,(H,27,31). The van der Waals surface area contributed by atoms with Crippen molar-refractivity contribution in [3.05, 3.63) is 87.8 Å². The van der Waals surface area contributed by atoms with Gasteiger partial charge in [-0.25, -0.2) is 9.18 Å². The molecule has 0 bridgehead atoms. The van der Waals surface area contributed by atoms with Crippen molar-refractivity contribution >= 4 is 22.9 Å². The van der Waals surface area contributed by atoms with Crippen molar-refractivity contribution in [2.24, 2.45) is 0 Å². The van der Waals surface area contributed by atoms with Crippen LogP contribution in [0.4, 0.5) is 9.18 Å². The molecule has 2 aromatic carbocycles. The van der Waals surface area contributed by atoms with E-state index in [1.165, 1.54) is 12.1 Å². The number of aromatic nitrogens is 2. The van der Waals surface area contributed by atoms with Crippen LogP contribution in [-0.4, -0.2) is 27.9 Å². The zero-order valence-electron chi connectivity index (χ0n) is 18.5. The van der Waals surface area contributed by atoms with Gasteiger partial charge in [0.25, 0.3) is 5.89 Å². The number of hydrogen-bond donors (Lipinski definition) is 1. The predicted molar refractivity (Wildman–Crippen MR) is 126 cm³/mol. The SMILES string of the molecule is CC1=C(c2nc(-c3ccc4c(c3)OCO4)no2)C(c2ccc(F)cc2)NC(=O)N1Cc1cccs1. The Morgan fingerprint density at radius 2 is 1.97 bits per heavy atom. The molecule has 2 aliphatic rings. The molecule has 0 radical (unpaired) electrons. The van der Waals surface area contributed by atoms with Crippen LogP contribution in [0.15, 0.2) is 70.2 Å². The van der Waals surface area contributed by atoms with Gasteiger partial charge in [0.05, 0.1) is 18.2 Å². The second kappa shape index (κ2) is 8.55. The summed E-state index contributed by atoms with van der Waals surface area (Å²) in [5.41, 5.74) is 2.73. The number of urea groups is 1. The minimum absolute atomic E-state index is 0.168. The fourth-order valence-electron chi connectivity index (χ4n) is 4.20. The Bertz CT molecular complexity index is 1430. The Morgan fingerprint density at radius 1 is 1.14 bits per heavy atom. The number of nitrogens with one attached hydrogen (secondary N) is 1. The molecular weight excluding hydrogens is 471 g/mol. The number of hydrogen-bond acceptors (Lipinski definition) is 7. The van der Waals surface area contributed by atoms with Crippen molar-refractivity contribution in [3.8, 4) is 22.9 Å². The average Bonchev–Trinajstić information content (AvgIpc) is 3.63. The number of nitrogens with zero attached hydrogens (tertiary/aromatic N) is 3. The second-order valence-electron chi connectivity index (χ2n) is 8.09. The molecule has 1 N–H and O–H groups in total. The first-order chi connectivity index (χ1) is 17.1. The van der Waals surface area contributed by atoms with E-state index >= 15 is 0 Å². The summed E-state index contributed by atoms with van der Waals surface area (Å²) in [7, 11) is 0. The lowest BCUT2D eigenvalue weighted by Gasteiger charge is -2.35. The third-order valence-corrected chi connectivity index (χ3v) is 6.84. The largest absolute Gasteiger partial charge is 0.454 e. The Morgan fingerprint density at radius 3 is 2.77 bits per heavy atom. The monoisotopic (exact) mass is 490 g/mol. The molecule has 8 nitrogen and oxygen atoms in total. The number of carbonyl (C=O) groups is 1. The number of benzene rings is 2. The molecule has 4 heterocycles. The lowest BCUT2D eigenvalue weighted by atomic mass is 9.94. The summed E-state index contributed by atoms with van der Waals surface area (Å²) in [5.74, 6) is 1.55. The number of fused-ring (bicyclic) bond motifs is 1. The molecule has 176 valence electrons. The number of thiophene rings is 1. The van der Waals surface area contributed by atoms with E-state index in [2.05, 4.69) is 15.5 Å². The van der Waals surface area contributed by atoms with Crippen LogP contribution >= 0.6 is 11.3 Å². The Kier molecular flexibility index (Phi) is 5.22. The second-order valence-corrected chi connectivity index (χ2v) is 9.12. The van der Waals surface area contributed by atoms with Crippen molar-refractivity contribution in [1.82, 2.24) is 20.4 Å². The summed E-state index contributed by atoms with van der Waals surface area (Å²) in [4.78, 5) is 20.4. The molecule has 0 fully saturated rings. The van der Waals surface area contributed by atoms with Crippen LogP contribution in [0.1, 0.15) is 29.3 Å². The van der Waals surface area contributed by atoms with Gasteiger partial charge >= 0.3 is 6.03 Å². The molecule has 6 rings (SSSR count). The van der Waals surface area contributed by atoms with Crippen molar-refractivity contribution in [2.75, 3.05) is 6.79 Å². The number of carbonyl (C=O) groups excluding carboxylic acids is 1. The van der Waals surface area contributed by atoms with Crippen LogP contribution in [0, 0.1) is 5.82 Å². The maximum atomic E-state index is 13.6. The summed E-state index contributed by atoms with van der Waals surface area (Å²) < 4.78 is 30.2.